The largest absolute Gasteiger partial charge is 0.496 e. The number of morpholine rings is 1. The molecule has 1 amide bonds. The summed E-state index contributed by atoms with van der Waals surface area (Å²) in [5.74, 6) is 1.83. The van der Waals surface area contributed by atoms with Crippen molar-refractivity contribution in [1.82, 2.24) is 15.1 Å². The van der Waals surface area contributed by atoms with Gasteiger partial charge in [-0.05, 0) is 12.1 Å². The summed E-state index contributed by atoms with van der Waals surface area (Å²) in [6.45, 7) is 2.57. The summed E-state index contributed by atoms with van der Waals surface area (Å²) in [5.41, 5.74) is 0.753. The molecule has 0 N–H and O–H groups in total. The van der Waals surface area contributed by atoms with Crippen molar-refractivity contribution in [2.24, 2.45) is 0 Å². The molecule has 2 heterocycles. The Balaban J connectivity index is 1.53. The third-order valence-electron chi connectivity index (χ3n) is 3.65. The minimum atomic E-state index is 0.135. The van der Waals surface area contributed by atoms with Crippen molar-refractivity contribution in [3.05, 3.63) is 24.3 Å². The van der Waals surface area contributed by atoms with Crippen LogP contribution in [0.15, 0.2) is 33.9 Å². The minimum absolute atomic E-state index is 0.135. The van der Waals surface area contributed by atoms with Crippen molar-refractivity contribution in [2.45, 2.75) is 11.6 Å². The first-order valence-electron chi connectivity index (χ1n) is 7.73. The Bertz CT molecular complexity index is 685. The molecule has 0 bridgehead atoms. The second-order valence-corrected chi connectivity index (χ2v) is 6.21. The zero-order valence-electron chi connectivity index (χ0n) is 13.4. The lowest BCUT2D eigenvalue weighted by Crippen LogP contribution is -2.40. The molecule has 0 aliphatic carbocycles. The number of hydrogen-bond donors (Lipinski definition) is 0. The van der Waals surface area contributed by atoms with Gasteiger partial charge in [0.25, 0.3) is 11.1 Å². The number of carbonyl (C=O) groups excluding carboxylic acids is 1. The fraction of sp³-hybridized carbons (Fsp3) is 0.438. The van der Waals surface area contributed by atoms with E-state index in [2.05, 4.69) is 10.2 Å². The van der Waals surface area contributed by atoms with Crippen LogP contribution in [-0.2, 0) is 9.53 Å². The van der Waals surface area contributed by atoms with Gasteiger partial charge in [-0.1, -0.05) is 23.9 Å². The van der Waals surface area contributed by atoms with Gasteiger partial charge in [-0.2, -0.15) is 0 Å². The number of carbonyl (C=O) groups is 1. The molecule has 0 saturated carbocycles. The lowest BCUT2D eigenvalue weighted by Gasteiger charge is -2.26. The fourth-order valence-corrected chi connectivity index (χ4v) is 3.08. The highest BCUT2D eigenvalue weighted by atomic mass is 32.2. The normalized spacial score (nSPS) is 14.6. The van der Waals surface area contributed by atoms with Crippen LogP contribution in [0.4, 0.5) is 0 Å². The van der Waals surface area contributed by atoms with Crippen LogP contribution in [0.5, 0.6) is 5.75 Å². The van der Waals surface area contributed by atoms with Crippen LogP contribution < -0.4 is 4.74 Å². The molecule has 0 radical (unpaired) electrons. The number of para-hydroxylation sites is 1. The molecule has 1 fully saturated rings. The van der Waals surface area contributed by atoms with E-state index in [-0.39, 0.29) is 5.91 Å². The van der Waals surface area contributed by atoms with E-state index in [0.717, 1.165) is 5.56 Å². The van der Waals surface area contributed by atoms with Gasteiger partial charge in [-0.15, -0.1) is 10.2 Å². The van der Waals surface area contributed by atoms with Crippen molar-refractivity contribution in [3.8, 4) is 17.2 Å². The number of hydrogen-bond acceptors (Lipinski definition) is 7. The Labute approximate surface area is 144 Å². The maximum atomic E-state index is 12.1. The predicted molar refractivity (Wildman–Crippen MR) is 89.0 cm³/mol. The molecule has 1 saturated heterocycles. The highest BCUT2D eigenvalue weighted by molar-refractivity contribution is 7.99. The Morgan fingerprint density at radius 3 is 2.88 bits per heavy atom. The monoisotopic (exact) mass is 349 g/mol. The van der Waals surface area contributed by atoms with Crippen LogP contribution in [0.25, 0.3) is 11.5 Å². The van der Waals surface area contributed by atoms with Gasteiger partial charge in [0.15, 0.2) is 0 Å². The molecule has 24 heavy (non-hydrogen) atoms. The Morgan fingerprint density at radius 2 is 2.08 bits per heavy atom. The molecule has 8 heteroatoms. The minimum Gasteiger partial charge on any atom is -0.496 e. The number of rotatable bonds is 6. The van der Waals surface area contributed by atoms with E-state index in [9.17, 15) is 4.79 Å². The smallest absolute Gasteiger partial charge is 0.276 e. The second kappa shape index (κ2) is 8.16. The molecule has 0 atom stereocenters. The van der Waals surface area contributed by atoms with Crippen LogP contribution in [0, 0.1) is 0 Å². The molecule has 0 unspecified atom stereocenters. The van der Waals surface area contributed by atoms with Crippen molar-refractivity contribution in [2.75, 3.05) is 39.2 Å². The molecule has 1 aromatic carbocycles. The van der Waals surface area contributed by atoms with Gasteiger partial charge in [-0.3, -0.25) is 4.79 Å². The average Bonchev–Trinajstić information content (AvgIpc) is 3.11. The number of methoxy groups -OCH3 is 1. The Morgan fingerprint density at radius 1 is 1.29 bits per heavy atom. The summed E-state index contributed by atoms with van der Waals surface area (Å²) in [7, 11) is 1.60. The highest BCUT2D eigenvalue weighted by Gasteiger charge is 2.17. The van der Waals surface area contributed by atoms with Gasteiger partial charge < -0.3 is 18.8 Å². The van der Waals surface area contributed by atoms with Gasteiger partial charge >= 0.3 is 0 Å². The first-order valence-corrected chi connectivity index (χ1v) is 8.71. The molecule has 1 aliphatic rings. The van der Waals surface area contributed by atoms with Crippen LogP contribution in [0.1, 0.15) is 6.42 Å². The number of nitrogens with zero attached hydrogens (tertiary/aromatic N) is 3. The number of ether oxygens (including phenoxy) is 2. The van der Waals surface area contributed by atoms with E-state index in [1.807, 2.05) is 29.2 Å². The third-order valence-corrected chi connectivity index (χ3v) is 4.47. The molecule has 0 spiro atoms. The van der Waals surface area contributed by atoms with Crippen molar-refractivity contribution in [3.63, 3.8) is 0 Å². The van der Waals surface area contributed by atoms with E-state index in [1.165, 1.54) is 11.8 Å². The number of amides is 1. The van der Waals surface area contributed by atoms with Gasteiger partial charge in [0.1, 0.15) is 5.75 Å². The summed E-state index contributed by atoms with van der Waals surface area (Å²) in [6.07, 6.45) is 0.442. The highest BCUT2D eigenvalue weighted by Crippen LogP contribution is 2.30. The first-order chi connectivity index (χ1) is 11.8. The standard InChI is InChI=1S/C16H19N3O4S/c1-21-13-5-3-2-4-12(13)15-17-18-16(23-15)24-11-6-14(20)19-7-9-22-10-8-19/h2-5H,6-11H2,1H3. The molecule has 2 aromatic rings. The predicted octanol–water partition coefficient (Wildman–Crippen LogP) is 2.09. The lowest BCUT2D eigenvalue weighted by atomic mass is 10.2. The third kappa shape index (κ3) is 4.07. The number of thioether (sulfide) groups is 1. The Kier molecular flexibility index (Phi) is 5.71. The van der Waals surface area contributed by atoms with Crippen molar-refractivity contribution < 1.29 is 18.7 Å². The lowest BCUT2D eigenvalue weighted by molar-refractivity contribution is -0.134. The molecule has 7 nitrogen and oxygen atoms in total. The second-order valence-electron chi connectivity index (χ2n) is 5.17. The summed E-state index contributed by atoms with van der Waals surface area (Å²) in [4.78, 5) is 13.9. The molecule has 1 aliphatic heterocycles. The van der Waals surface area contributed by atoms with Crippen LogP contribution in [0.2, 0.25) is 0 Å². The Hall–Kier alpha value is -2.06. The zero-order chi connectivity index (χ0) is 16.8. The van der Waals surface area contributed by atoms with E-state index in [4.69, 9.17) is 13.9 Å². The zero-order valence-corrected chi connectivity index (χ0v) is 14.3. The van der Waals surface area contributed by atoms with Crippen LogP contribution in [0.3, 0.4) is 0 Å². The maximum absolute atomic E-state index is 12.1. The molecular formula is C16H19N3O4S. The summed E-state index contributed by atoms with van der Waals surface area (Å²) < 4.78 is 16.2. The molecule has 128 valence electrons. The van der Waals surface area contributed by atoms with Crippen molar-refractivity contribution in [1.29, 1.82) is 0 Å². The summed E-state index contributed by atoms with van der Waals surface area (Å²) in [6, 6.07) is 7.47. The van der Waals surface area contributed by atoms with E-state index in [0.29, 0.717) is 55.3 Å². The van der Waals surface area contributed by atoms with Gasteiger partial charge in [0.05, 0.1) is 25.9 Å². The van der Waals surface area contributed by atoms with E-state index >= 15 is 0 Å². The van der Waals surface area contributed by atoms with E-state index < -0.39 is 0 Å². The summed E-state index contributed by atoms with van der Waals surface area (Å²) >= 11 is 1.38. The summed E-state index contributed by atoms with van der Waals surface area (Å²) in [5, 5.41) is 8.53. The quantitative estimate of drug-likeness (QED) is 0.739. The first kappa shape index (κ1) is 16.8. The van der Waals surface area contributed by atoms with Crippen LogP contribution >= 0.6 is 11.8 Å². The topological polar surface area (TPSA) is 77.7 Å². The number of aromatic nitrogens is 2. The van der Waals surface area contributed by atoms with Gasteiger partial charge in [-0.25, -0.2) is 0 Å². The van der Waals surface area contributed by atoms with Crippen molar-refractivity contribution >= 4 is 17.7 Å². The SMILES string of the molecule is COc1ccccc1-c1nnc(SCCC(=O)N2CCOCC2)o1. The van der Waals surface area contributed by atoms with Crippen LogP contribution in [-0.4, -0.2) is 60.2 Å². The number of benzene rings is 1. The molecule has 3 rings (SSSR count). The average molecular weight is 349 g/mol. The maximum Gasteiger partial charge on any atom is 0.276 e. The van der Waals surface area contributed by atoms with Gasteiger partial charge in [0, 0.05) is 25.3 Å². The van der Waals surface area contributed by atoms with Gasteiger partial charge in [0.2, 0.25) is 5.91 Å². The van der Waals surface area contributed by atoms with E-state index in [1.54, 1.807) is 7.11 Å². The molecular weight excluding hydrogens is 330 g/mol. The molecule has 1 aromatic heterocycles. The fourth-order valence-electron chi connectivity index (χ4n) is 2.39.